The van der Waals surface area contributed by atoms with E-state index in [4.69, 9.17) is 10.4 Å². The summed E-state index contributed by atoms with van der Waals surface area (Å²) in [4.78, 5) is 10.7. The zero-order valence-electron chi connectivity index (χ0n) is 9.54. The molecule has 1 fully saturated rings. The lowest BCUT2D eigenvalue weighted by Crippen LogP contribution is -2.23. The Morgan fingerprint density at radius 1 is 1.65 bits per heavy atom. The minimum absolute atomic E-state index is 0.207. The number of aromatic nitrogens is 2. The Bertz CT molecular complexity index is 444. The molecule has 1 aliphatic rings. The summed E-state index contributed by atoms with van der Waals surface area (Å²) in [6.07, 6.45) is 6.91. The number of hydrogen-bond acceptors (Lipinski definition) is 3. The maximum Gasteiger partial charge on any atom is 0.338 e. The van der Waals surface area contributed by atoms with Crippen LogP contribution >= 0.6 is 0 Å². The molecule has 0 saturated carbocycles. The van der Waals surface area contributed by atoms with Crippen molar-refractivity contribution in [2.24, 2.45) is 5.92 Å². The highest BCUT2D eigenvalue weighted by Gasteiger charge is 2.24. The molecule has 1 saturated heterocycles. The number of nitrogens with zero attached hydrogens (tertiary/aromatic N) is 3. The van der Waals surface area contributed by atoms with E-state index in [1.54, 1.807) is 10.9 Å². The first kappa shape index (κ1) is 11.7. The van der Waals surface area contributed by atoms with Gasteiger partial charge in [0.25, 0.3) is 6.71 Å². The molecule has 2 heterocycles. The average molecular weight is 231 g/mol. The van der Waals surface area contributed by atoms with Gasteiger partial charge in [0.1, 0.15) is 0 Å². The van der Waals surface area contributed by atoms with Gasteiger partial charge in [-0.15, -0.1) is 0 Å². The molecule has 0 spiro atoms. The highest BCUT2D eigenvalue weighted by molar-refractivity contribution is 6.67. The second kappa shape index (κ2) is 5.04. The van der Waals surface area contributed by atoms with Crippen molar-refractivity contribution in [1.82, 2.24) is 9.78 Å². The monoisotopic (exact) mass is 231 g/mol. The number of hydrogen-bond donors (Lipinski definition) is 1. The summed E-state index contributed by atoms with van der Waals surface area (Å²) in [5.41, 5.74) is 0.232. The summed E-state index contributed by atoms with van der Waals surface area (Å²) in [6, 6.07) is 0. The third kappa shape index (κ3) is 2.87. The van der Waals surface area contributed by atoms with Gasteiger partial charge < -0.3 is 5.11 Å². The highest BCUT2D eigenvalue weighted by atomic mass is 16.4. The van der Waals surface area contributed by atoms with E-state index in [1.165, 1.54) is 6.20 Å². The van der Waals surface area contributed by atoms with Crippen LogP contribution in [0.2, 0.25) is 12.6 Å². The molecule has 0 unspecified atom stereocenters. The summed E-state index contributed by atoms with van der Waals surface area (Å²) in [7, 11) is 0. The average Bonchev–Trinajstić information content (AvgIpc) is 2.79. The molecule has 88 valence electrons. The Balaban J connectivity index is 1.89. The van der Waals surface area contributed by atoms with Gasteiger partial charge in [-0.2, -0.15) is 5.10 Å². The maximum absolute atomic E-state index is 10.7. The van der Waals surface area contributed by atoms with Crippen LogP contribution in [0.4, 0.5) is 0 Å². The SMILES string of the molecule is N#CB1CCC(Cn2cc(C(=O)O)cn2)CC1. The number of carboxylic acid groups (broad SMARTS) is 1. The summed E-state index contributed by atoms with van der Waals surface area (Å²) in [5.74, 6) is 1.88. The Morgan fingerprint density at radius 3 is 2.88 bits per heavy atom. The fraction of sp³-hybridized carbons (Fsp3) is 0.545. The molecule has 0 aliphatic carbocycles. The molecule has 1 aromatic rings. The van der Waals surface area contributed by atoms with E-state index in [0.29, 0.717) is 5.92 Å². The van der Waals surface area contributed by atoms with Gasteiger partial charge in [0.2, 0.25) is 0 Å². The molecule has 0 aromatic carbocycles. The van der Waals surface area contributed by atoms with Crippen LogP contribution in [0.3, 0.4) is 0 Å². The first-order valence-electron chi connectivity index (χ1n) is 5.84. The minimum Gasteiger partial charge on any atom is -0.478 e. The number of nitriles is 1. The van der Waals surface area contributed by atoms with E-state index in [2.05, 4.69) is 11.1 Å². The molecule has 1 aromatic heterocycles. The maximum atomic E-state index is 10.7. The Kier molecular flexibility index (Phi) is 3.47. The van der Waals surface area contributed by atoms with Gasteiger partial charge in [-0.3, -0.25) is 4.68 Å². The zero-order valence-corrected chi connectivity index (χ0v) is 9.54. The smallest absolute Gasteiger partial charge is 0.338 e. The number of carbonyl (C=O) groups is 1. The van der Waals surface area contributed by atoms with E-state index < -0.39 is 5.97 Å². The van der Waals surface area contributed by atoms with Crippen molar-refractivity contribution in [3.05, 3.63) is 18.0 Å². The van der Waals surface area contributed by atoms with Crippen molar-refractivity contribution in [3.63, 3.8) is 0 Å². The predicted molar refractivity (Wildman–Crippen MR) is 62.9 cm³/mol. The number of rotatable bonds is 3. The minimum atomic E-state index is -0.940. The third-order valence-corrected chi connectivity index (χ3v) is 3.35. The van der Waals surface area contributed by atoms with E-state index in [0.717, 1.165) is 32.0 Å². The van der Waals surface area contributed by atoms with Gasteiger partial charge in [0.05, 0.1) is 11.8 Å². The Morgan fingerprint density at radius 2 is 2.35 bits per heavy atom. The van der Waals surface area contributed by atoms with E-state index in [1.807, 2.05) is 0 Å². The van der Waals surface area contributed by atoms with Crippen molar-refractivity contribution in [3.8, 4) is 5.97 Å². The van der Waals surface area contributed by atoms with Crippen molar-refractivity contribution < 1.29 is 9.90 Å². The van der Waals surface area contributed by atoms with Gasteiger partial charge >= 0.3 is 5.97 Å². The molecule has 1 aliphatic heterocycles. The molecule has 2 rings (SSSR count). The van der Waals surface area contributed by atoms with Crippen molar-refractivity contribution in [1.29, 1.82) is 5.26 Å². The quantitative estimate of drug-likeness (QED) is 0.800. The summed E-state index contributed by atoms with van der Waals surface area (Å²) in [5, 5.41) is 21.6. The fourth-order valence-electron chi connectivity index (χ4n) is 2.31. The lowest BCUT2D eigenvalue weighted by atomic mass is 9.42. The summed E-state index contributed by atoms with van der Waals surface area (Å²) in [6.45, 7) is 0.962. The van der Waals surface area contributed by atoms with Gasteiger partial charge in [-0.1, -0.05) is 25.5 Å². The topological polar surface area (TPSA) is 78.9 Å². The normalized spacial score (nSPS) is 16.8. The first-order chi connectivity index (χ1) is 8.19. The molecule has 0 amide bonds. The van der Waals surface area contributed by atoms with Crippen LogP contribution in [0.1, 0.15) is 23.2 Å². The first-order valence-corrected chi connectivity index (χ1v) is 5.84. The predicted octanol–water partition coefficient (Wildman–Crippen LogP) is 1.55. The largest absolute Gasteiger partial charge is 0.478 e. The molecular formula is C11H14BN3O2. The molecule has 17 heavy (non-hydrogen) atoms. The molecule has 0 radical (unpaired) electrons. The van der Waals surface area contributed by atoms with Crippen LogP contribution in [0.25, 0.3) is 0 Å². The van der Waals surface area contributed by atoms with Gasteiger partial charge in [-0.25, -0.2) is 10.1 Å². The van der Waals surface area contributed by atoms with Crippen LogP contribution in [0.15, 0.2) is 12.4 Å². The lowest BCUT2D eigenvalue weighted by Gasteiger charge is -2.22. The molecule has 6 heteroatoms. The van der Waals surface area contributed by atoms with E-state index >= 15 is 0 Å². The van der Waals surface area contributed by atoms with Crippen molar-refractivity contribution >= 4 is 12.7 Å². The standard InChI is InChI=1S/C11H14BN3O2/c13-8-12-3-1-9(2-4-12)6-15-7-10(5-14-15)11(16)17/h5,7,9H,1-4,6H2,(H,16,17). The fourth-order valence-corrected chi connectivity index (χ4v) is 2.31. The summed E-state index contributed by atoms with van der Waals surface area (Å²) < 4.78 is 1.70. The lowest BCUT2D eigenvalue weighted by molar-refractivity contribution is 0.0696. The summed E-state index contributed by atoms with van der Waals surface area (Å²) >= 11 is 0. The zero-order chi connectivity index (χ0) is 12.3. The highest BCUT2D eigenvalue weighted by Crippen LogP contribution is 2.26. The molecule has 0 bridgehead atoms. The number of carboxylic acids is 1. The molecule has 0 atom stereocenters. The second-order valence-electron chi connectivity index (χ2n) is 4.60. The van der Waals surface area contributed by atoms with Crippen molar-refractivity contribution in [2.45, 2.75) is 32.0 Å². The van der Waals surface area contributed by atoms with E-state index in [-0.39, 0.29) is 12.3 Å². The van der Waals surface area contributed by atoms with Gasteiger partial charge in [0.15, 0.2) is 0 Å². The van der Waals surface area contributed by atoms with Gasteiger partial charge in [0, 0.05) is 18.7 Å². The number of aromatic carboxylic acids is 1. The second-order valence-corrected chi connectivity index (χ2v) is 4.60. The van der Waals surface area contributed by atoms with Crippen LogP contribution in [0.5, 0.6) is 0 Å². The molecule has 5 nitrogen and oxygen atoms in total. The Labute approximate surface area is 100 Å². The molecule has 1 N–H and O–H groups in total. The molecular weight excluding hydrogens is 217 g/mol. The van der Waals surface area contributed by atoms with Crippen molar-refractivity contribution in [2.75, 3.05) is 0 Å². The van der Waals surface area contributed by atoms with E-state index in [9.17, 15) is 4.79 Å². The van der Waals surface area contributed by atoms with Crippen LogP contribution < -0.4 is 0 Å². The van der Waals surface area contributed by atoms with Crippen LogP contribution in [0, 0.1) is 17.1 Å². The van der Waals surface area contributed by atoms with Crippen LogP contribution in [-0.2, 0) is 6.54 Å². The van der Waals surface area contributed by atoms with Gasteiger partial charge in [-0.05, 0) is 5.92 Å². The Hall–Kier alpha value is -1.77. The third-order valence-electron chi connectivity index (χ3n) is 3.35. The van der Waals surface area contributed by atoms with Crippen LogP contribution in [-0.4, -0.2) is 27.6 Å².